The van der Waals surface area contributed by atoms with Gasteiger partial charge in [0.2, 0.25) is 5.91 Å². The number of aryl methyl sites for hydroxylation is 1. The lowest BCUT2D eigenvalue weighted by Gasteiger charge is -2.32. The molecule has 9 heteroatoms. The van der Waals surface area contributed by atoms with Gasteiger partial charge in [-0.1, -0.05) is 0 Å². The molecule has 0 bridgehead atoms. The fourth-order valence-electron chi connectivity index (χ4n) is 3.09. The van der Waals surface area contributed by atoms with Gasteiger partial charge >= 0.3 is 0 Å². The second-order valence-electron chi connectivity index (χ2n) is 6.72. The number of carbonyl (C=O) groups excluding carboxylic acids is 1. The fourth-order valence-corrected chi connectivity index (χ4v) is 3.72. The number of aromatic nitrogens is 2. The van der Waals surface area contributed by atoms with E-state index in [1.807, 2.05) is 4.90 Å². The van der Waals surface area contributed by atoms with Crippen molar-refractivity contribution >= 4 is 27.2 Å². The van der Waals surface area contributed by atoms with Crippen LogP contribution in [0.4, 0.5) is 11.5 Å². The molecule has 2 heterocycles. The van der Waals surface area contributed by atoms with Gasteiger partial charge in [-0.3, -0.25) is 9.59 Å². The van der Waals surface area contributed by atoms with Crippen molar-refractivity contribution in [2.75, 3.05) is 29.6 Å². The van der Waals surface area contributed by atoms with Crippen molar-refractivity contribution in [2.45, 2.75) is 17.7 Å². The molecule has 0 radical (unpaired) electrons. The van der Waals surface area contributed by atoms with Gasteiger partial charge in [-0.15, -0.1) is 0 Å². The lowest BCUT2D eigenvalue weighted by Crippen LogP contribution is -2.41. The van der Waals surface area contributed by atoms with E-state index in [9.17, 15) is 18.0 Å². The highest BCUT2D eigenvalue weighted by Crippen LogP contribution is 2.22. The molecule has 1 aromatic carbocycles. The average molecular weight is 390 g/mol. The summed E-state index contributed by atoms with van der Waals surface area (Å²) in [7, 11) is -1.67. The number of sulfone groups is 1. The van der Waals surface area contributed by atoms with E-state index in [4.69, 9.17) is 0 Å². The van der Waals surface area contributed by atoms with Gasteiger partial charge in [-0.05, 0) is 43.2 Å². The van der Waals surface area contributed by atoms with Crippen molar-refractivity contribution in [3.8, 4) is 0 Å². The molecule has 1 aliphatic rings. The number of hydrogen-bond acceptors (Lipinski definition) is 6. The molecular formula is C18H22N4O4S. The van der Waals surface area contributed by atoms with Gasteiger partial charge < -0.3 is 10.2 Å². The number of nitrogens with one attached hydrogen (secondary N) is 1. The zero-order chi connectivity index (χ0) is 19.6. The predicted octanol–water partition coefficient (Wildman–Crippen LogP) is 1.04. The summed E-state index contributed by atoms with van der Waals surface area (Å²) in [5, 5.41) is 7.10. The van der Waals surface area contributed by atoms with Crippen LogP contribution in [0.15, 0.2) is 46.1 Å². The molecule has 1 fully saturated rings. The van der Waals surface area contributed by atoms with Crippen LogP contribution in [0, 0.1) is 5.92 Å². The predicted molar refractivity (Wildman–Crippen MR) is 103 cm³/mol. The smallest absolute Gasteiger partial charge is 0.266 e. The molecule has 1 saturated heterocycles. The van der Waals surface area contributed by atoms with Crippen molar-refractivity contribution in [2.24, 2.45) is 13.0 Å². The number of piperidine rings is 1. The molecule has 2 aromatic rings. The van der Waals surface area contributed by atoms with Crippen molar-refractivity contribution < 1.29 is 13.2 Å². The topological polar surface area (TPSA) is 101 Å². The Morgan fingerprint density at radius 1 is 1.19 bits per heavy atom. The second kappa shape index (κ2) is 7.51. The third-order valence-corrected chi connectivity index (χ3v) is 5.74. The summed E-state index contributed by atoms with van der Waals surface area (Å²) < 4.78 is 24.3. The van der Waals surface area contributed by atoms with Crippen LogP contribution < -0.4 is 15.8 Å². The van der Waals surface area contributed by atoms with E-state index in [2.05, 4.69) is 10.4 Å². The fraction of sp³-hybridized carbons (Fsp3) is 0.389. The summed E-state index contributed by atoms with van der Waals surface area (Å²) >= 11 is 0. The van der Waals surface area contributed by atoms with Gasteiger partial charge in [0.25, 0.3) is 5.56 Å². The Morgan fingerprint density at radius 2 is 1.89 bits per heavy atom. The van der Waals surface area contributed by atoms with E-state index in [0.29, 0.717) is 18.1 Å². The molecule has 27 heavy (non-hydrogen) atoms. The van der Waals surface area contributed by atoms with Crippen molar-refractivity contribution in [3.05, 3.63) is 46.8 Å². The number of rotatable bonds is 4. The minimum Gasteiger partial charge on any atom is -0.354 e. The van der Waals surface area contributed by atoms with E-state index in [0.717, 1.165) is 25.6 Å². The van der Waals surface area contributed by atoms with Crippen LogP contribution in [0.1, 0.15) is 12.8 Å². The first-order valence-electron chi connectivity index (χ1n) is 8.64. The summed E-state index contributed by atoms with van der Waals surface area (Å²) in [6, 6.07) is 9.27. The molecule has 1 aromatic heterocycles. The summed E-state index contributed by atoms with van der Waals surface area (Å²) in [6.45, 7) is 1.29. The Hall–Kier alpha value is -2.68. The Kier molecular flexibility index (Phi) is 5.31. The van der Waals surface area contributed by atoms with Gasteiger partial charge in [0.15, 0.2) is 9.84 Å². The molecule has 1 atom stereocenters. The highest BCUT2D eigenvalue weighted by Gasteiger charge is 2.27. The van der Waals surface area contributed by atoms with Gasteiger partial charge in [0.05, 0.1) is 10.8 Å². The standard InChI is InChI=1S/C18H22N4O4S/c1-21-17(23)10-9-16(20-21)22-11-3-4-13(12-22)18(24)19-14-5-7-15(8-6-14)27(2,25)26/h5-10,13H,3-4,11-12H2,1-2H3,(H,19,24)/t13-/m1/s1. The quantitative estimate of drug-likeness (QED) is 0.837. The zero-order valence-electron chi connectivity index (χ0n) is 15.3. The molecule has 0 spiro atoms. The first-order valence-corrected chi connectivity index (χ1v) is 10.5. The number of carbonyl (C=O) groups is 1. The molecule has 1 aliphatic heterocycles. The minimum atomic E-state index is -3.26. The SMILES string of the molecule is Cn1nc(N2CCC[C@@H](C(=O)Nc3ccc(S(C)(=O)=O)cc3)C2)ccc1=O. The third kappa shape index (κ3) is 4.54. The molecule has 8 nitrogen and oxygen atoms in total. The van der Waals surface area contributed by atoms with Gasteiger partial charge in [-0.25, -0.2) is 13.1 Å². The van der Waals surface area contributed by atoms with E-state index in [-0.39, 0.29) is 22.3 Å². The molecule has 0 unspecified atom stereocenters. The molecule has 0 saturated carbocycles. The second-order valence-corrected chi connectivity index (χ2v) is 8.74. The van der Waals surface area contributed by atoms with Crippen LogP contribution in [-0.4, -0.2) is 43.5 Å². The maximum absolute atomic E-state index is 12.6. The highest BCUT2D eigenvalue weighted by atomic mass is 32.2. The minimum absolute atomic E-state index is 0.114. The Morgan fingerprint density at radius 3 is 2.52 bits per heavy atom. The summed E-state index contributed by atoms with van der Waals surface area (Å²) in [4.78, 5) is 26.3. The summed E-state index contributed by atoms with van der Waals surface area (Å²) in [5.74, 6) is 0.344. The van der Waals surface area contributed by atoms with E-state index >= 15 is 0 Å². The van der Waals surface area contributed by atoms with Crippen molar-refractivity contribution in [1.29, 1.82) is 0 Å². The largest absolute Gasteiger partial charge is 0.354 e. The Balaban J connectivity index is 1.67. The number of hydrogen-bond donors (Lipinski definition) is 1. The molecule has 0 aliphatic carbocycles. The van der Waals surface area contributed by atoms with Crippen LogP contribution in [0.2, 0.25) is 0 Å². The van der Waals surface area contributed by atoms with Crippen LogP contribution in [-0.2, 0) is 21.7 Å². The summed E-state index contributed by atoms with van der Waals surface area (Å²) in [6.07, 6.45) is 2.75. The highest BCUT2D eigenvalue weighted by molar-refractivity contribution is 7.90. The van der Waals surface area contributed by atoms with Crippen LogP contribution >= 0.6 is 0 Å². The molecule has 3 rings (SSSR count). The zero-order valence-corrected chi connectivity index (χ0v) is 16.1. The van der Waals surface area contributed by atoms with Crippen LogP contribution in [0.25, 0.3) is 0 Å². The summed E-state index contributed by atoms with van der Waals surface area (Å²) in [5.41, 5.74) is 0.382. The maximum atomic E-state index is 12.6. The normalized spacial score (nSPS) is 17.6. The number of amides is 1. The van der Waals surface area contributed by atoms with E-state index in [1.54, 1.807) is 25.2 Å². The number of anilines is 2. The van der Waals surface area contributed by atoms with E-state index in [1.165, 1.54) is 22.9 Å². The van der Waals surface area contributed by atoms with E-state index < -0.39 is 9.84 Å². The first kappa shape index (κ1) is 19.1. The lowest BCUT2D eigenvalue weighted by atomic mass is 9.97. The Bertz CT molecular complexity index is 999. The van der Waals surface area contributed by atoms with Crippen molar-refractivity contribution in [3.63, 3.8) is 0 Å². The average Bonchev–Trinajstić information content (AvgIpc) is 2.64. The first-order chi connectivity index (χ1) is 12.7. The molecule has 144 valence electrons. The molecule has 1 amide bonds. The lowest BCUT2D eigenvalue weighted by molar-refractivity contribution is -0.120. The monoisotopic (exact) mass is 390 g/mol. The molecule has 1 N–H and O–H groups in total. The Labute approximate surface area is 157 Å². The van der Waals surface area contributed by atoms with Gasteiger partial charge in [0.1, 0.15) is 5.82 Å². The maximum Gasteiger partial charge on any atom is 0.266 e. The molecular weight excluding hydrogens is 368 g/mol. The van der Waals surface area contributed by atoms with Crippen LogP contribution in [0.5, 0.6) is 0 Å². The van der Waals surface area contributed by atoms with Gasteiger partial charge in [-0.2, -0.15) is 5.10 Å². The van der Waals surface area contributed by atoms with Crippen molar-refractivity contribution in [1.82, 2.24) is 9.78 Å². The van der Waals surface area contributed by atoms with Crippen LogP contribution in [0.3, 0.4) is 0 Å². The van der Waals surface area contributed by atoms with Gasteiger partial charge in [0, 0.05) is 38.1 Å². The number of nitrogens with zero attached hydrogens (tertiary/aromatic N) is 3. The third-order valence-electron chi connectivity index (χ3n) is 4.61. The number of benzene rings is 1.